The van der Waals surface area contributed by atoms with Gasteiger partial charge in [-0.1, -0.05) is 78.9 Å². The quantitative estimate of drug-likeness (QED) is 0.181. The van der Waals surface area contributed by atoms with Crippen LogP contribution in [-0.2, 0) is 11.3 Å². The predicted octanol–water partition coefficient (Wildman–Crippen LogP) is 7.63. The van der Waals surface area contributed by atoms with Crippen molar-refractivity contribution in [1.29, 1.82) is 0 Å². The molecule has 0 saturated carbocycles. The molecule has 8 rings (SSSR count). The Labute approximate surface area is 298 Å². The summed E-state index contributed by atoms with van der Waals surface area (Å²) >= 11 is 0. The van der Waals surface area contributed by atoms with Gasteiger partial charge >= 0.3 is 6.09 Å². The van der Waals surface area contributed by atoms with E-state index < -0.39 is 0 Å². The third-order valence-corrected chi connectivity index (χ3v) is 10.8. The molecule has 4 aromatic carbocycles. The van der Waals surface area contributed by atoms with E-state index in [1.54, 1.807) is 0 Å². The number of likely N-dealkylation sites (tertiary alicyclic amines) is 1. The lowest BCUT2D eigenvalue weighted by atomic mass is 9.96. The molecule has 0 N–H and O–H groups in total. The molecule has 260 valence electrons. The molecule has 0 atom stereocenters. The molecule has 9 nitrogen and oxygen atoms in total. The molecule has 6 aromatic rings. The second-order valence-electron chi connectivity index (χ2n) is 14.0. The van der Waals surface area contributed by atoms with Crippen LogP contribution in [0.4, 0.5) is 4.79 Å². The zero-order valence-corrected chi connectivity index (χ0v) is 29.6. The van der Waals surface area contributed by atoms with Crippen molar-refractivity contribution in [2.45, 2.75) is 39.3 Å². The van der Waals surface area contributed by atoms with Gasteiger partial charge < -0.3 is 28.6 Å². The number of ether oxygens (including phenoxy) is 1. The van der Waals surface area contributed by atoms with Crippen LogP contribution in [0.25, 0.3) is 38.5 Å². The smallest absolute Gasteiger partial charge is 0.410 e. The van der Waals surface area contributed by atoms with Gasteiger partial charge in [0.1, 0.15) is 18.2 Å². The summed E-state index contributed by atoms with van der Waals surface area (Å²) in [6.45, 7) is 8.65. The molecule has 4 heterocycles. The molecule has 2 fully saturated rings. The number of imidazole rings is 1. The van der Waals surface area contributed by atoms with Crippen LogP contribution < -0.4 is 0 Å². The second-order valence-corrected chi connectivity index (χ2v) is 14.0. The van der Waals surface area contributed by atoms with Crippen molar-refractivity contribution in [3.63, 3.8) is 0 Å². The summed E-state index contributed by atoms with van der Waals surface area (Å²) in [7, 11) is 2.11. The number of aromatic nitrogens is 3. The van der Waals surface area contributed by atoms with Crippen LogP contribution in [0.3, 0.4) is 0 Å². The first kappa shape index (κ1) is 32.8. The Kier molecular flexibility index (Phi) is 8.82. The number of hydrogen-bond acceptors (Lipinski definition) is 5. The number of piperidine rings is 1. The number of aryl methyl sites for hydroxylation is 1. The molecule has 2 saturated heterocycles. The summed E-state index contributed by atoms with van der Waals surface area (Å²) in [5, 5.41) is 4.56. The van der Waals surface area contributed by atoms with Gasteiger partial charge in [-0.05, 0) is 72.5 Å². The first-order valence-corrected chi connectivity index (χ1v) is 18.0. The molecule has 0 spiro atoms. The molecule has 0 unspecified atom stereocenters. The third kappa shape index (κ3) is 6.27. The maximum Gasteiger partial charge on any atom is 0.410 e. The fourth-order valence-corrected chi connectivity index (χ4v) is 7.89. The Morgan fingerprint density at radius 3 is 2.25 bits per heavy atom. The number of likely N-dealkylation sites (N-methyl/N-ethyl adjacent to an activating group) is 1. The number of nitrogens with zero attached hydrogens (tertiary/aromatic N) is 6. The van der Waals surface area contributed by atoms with E-state index in [1.807, 2.05) is 41.1 Å². The average molecular weight is 681 g/mol. The highest BCUT2D eigenvalue weighted by Gasteiger charge is 2.31. The monoisotopic (exact) mass is 680 g/mol. The summed E-state index contributed by atoms with van der Waals surface area (Å²) in [6.07, 6.45) is 5.32. The highest BCUT2D eigenvalue weighted by atomic mass is 16.6. The molecule has 0 radical (unpaired) electrons. The van der Waals surface area contributed by atoms with Crippen LogP contribution in [0.5, 0.6) is 0 Å². The molecule has 2 aromatic heterocycles. The highest BCUT2D eigenvalue weighted by molar-refractivity contribution is 6.07. The topological polar surface area (TPSA) is 75.8 Å². The zero-order chi connectivity index (χ0) is 35.1. The molecule has 2 aliphatic rings. The number of fused-ring (bicyclic) bond motifs is 2. The van der Waals surface area contributed by atoms with E-state index in [9.17, 15) is 9.59 Å². The van der Waals surface area contributed by atoms with E-state index in [-0.39, 0.29) is 24.6 Å². The third-order valence-electron chi connectivity index (χ3n) is 10.8. The number of piperazine rings is 1. The number of amides is 2. The van der Waals surface area contributed by atoms with E-state index in [0.717, 1.165) is 81.7 Å². The summed E-state index contributed by atoms with van der Waals surface area (Å²) < 4.78 is 10.2. The zero-order valence-electron chi connectivity index (χ0n) is 29.6. The number of rotatable bonds is 6. The van der Waals surface area contributed by atoms with Crippen LogP contribution in [0.15, 0.2) is 97.3 Å². The molecule has 2 aliphatic heterocycles. The van der Waals surface area contributed by atoms with E-state index in [0.29, 0.717) is 26.2 Å². The van der Waals surface area contributed by atoms with Gasteiger partial charge in [0, 0.05) is 62.8 Å². The van der Waals surface area contributed by atoms with Crippen molar-refractivity contribution in [2.24, 2.45) is 0 Å². The largest absolute Gasteiger partial charge is 0.445 e. The molecule has 0 aliphatic carbocycles. The predicted molar refractivity (Wildman–Crippen MR) is 201 cm³/mol. The molecular weight excluding hydrogens is 637 g/mol. The van der Waals surface area contributed by atoms with E-state index in [1.165, 1.54) is 5.39 Å². The Morgan fingerprint density at radius 2 is 1.47 bits per heavy atom. The molecule has 2 amide bonds. The average Bonchev–Trinajstić information content (AvgIpc) is 3.72. The van der Waals surface area contributed by atoms with Gasteiger partial charge in [0.05, 0.1) is 11.8 Å². The van der Waals surface area contributed by atoms with Crippen molar-refractivity contribution in [3.8, 4) is 16.9 Å². The Balaban J connectivity index is 1.06. The van der Waals surface area contributed by atoms with Gasteiger partial charge in [0.2, 0.25) is 0 Å². The summed E-state index contributed by atoms with van der Waals surface area (Å²) in [4.78, 5) is 38.4. The van der Waals surface area contributed by atoms with Crippen molar-refractivity contribution >= 4 is 33.5 Å². The SMILES string of the molecule is Cc1c(C(=O)N2CCN(C)CC2)c(-c2cccc3ccccc23)cn1-c1cnc(C)n1C1CCN(C(=O)OCc2ccc3ccccc3c2)CC1. The van der Waals surface area contributed by atoms with Gasteiger partial charge in [0.15, 0.2) is 0 Å². The number of carbonyl (C=O) groups excluding carboxylic acids is 2. The fourth-order valence-electron chi connectivity index (χ4n) is 7.89. The lowest BCUT2D eigenvalue weighted by Gasteiger charge is -2.33. The molecular formula is C42H44N6O3. The van der Waals surface area contributed by atoms with Crippen molar-refractivity contribution in [1.82, 2.24) is 28.8 Å². The Morgan fingerprint density at radius 1 is 0.765 bits per heavy atom. The van der Waals surface area contributed by atoms with E-state index in [4.69, 9.17) is 9.72 Å². The molecule has 0 bridgehead atoms. The first-order chi connectivity index (χ1) is 24.9. The van der Waals surface area contributed by atoms with Gasteiger partial charge in [0.25, 0.3) is 5.91 Å². The number of benzene rings is 4. The number of hydrogen-bond donors (Lipinski definition) is 0. The van der Waals surface area contributed by atoms with Crippen molar-refractivity contribution in [2.75, 3.05) is 46.3 Å². The Bertz CT molecular complexity index is 2230. The minimum Gasteiger partial charge on any atom is -0.445 e. The van der Waals surface area contributed by atoms with E-state index in [2.05, 4.69) is 101 Å². The summed E-state index contributed by atoms with van der Waals surface area (Å²) in [6, 6.07) is 29.2. The second kappa shape index (κ2) is 13.7. The summed E-state index contributed by atoms with van der Waals surface area (Å²) in [5.74, 6) is 1.91. The number of carbonyl (C=O) groups is 2. The summed E-state index contributed by atoms with van der Waals surface area (Å²) in [5.41, 5.74) is 4.60. The van der Waals surface area contributed by atoms with Crippen LogP contribution in [0.1, 0.15) is 46.3 Å². The van der Waals surface area contributed by atoms with Crippen LogP contribution in [0.2, 0.25) is 0 Å². The van der Waals surface area contributed by atoms with Crippen molar-refractivity contribution < 1.29 is 14.3 Å². The Hall–Kier alpha value is -5.41. The lowest BCUT2D eigenvalue weighted by Crippen LogP contribution is -2.47. The van der Waals surface area contributed by atoms with Crippen LogP contribution in [-0.4, -0.2) is 87.1 Å². The maximum atomic E-state index is 14.4. The minimum absolute atomic E-state index is 0.0700. The van der Waals surface area contributed by atoms with Gasteiger partial charge in [-0.3, -0.25) is 4.79 Å². The fraction of sp³-hybridized carbons (Fsp3) is 0.310. The normalized spacial score (nSPS) is 15.9. The van der Waals surface area contributed by atoms with Gasteiger partial charge in [-0.25, -0.2) is 9.78 Å². The van der Waals surface area contributed by atoms with Crippen molar-refractivity contribution in [3.05, 3.63) is 120 Å². The lowest BCUT2D eigenvalue weighted by molar-refractivity contribution is 0.0664. The maximum absolute atomic E-state index is 14.4. The van der Waals surface area contributed by atoms with Gasteiger partial charge in [-0.15, -0.1) is 0 Å². The standard InChI is InChI=1S/C42H44N6O3/c1-29-40(41(49)45-23-21-44(3)22-24-45)38(37-14-8-12-33-10-6-7-13-36(33)37)27-47(29)39-26-43-30(2)48(39)35-17-19-46(20-18-35)42(50)51-28-31-15-16-32-9-4-5-11-34(32)25-31/h4-16,25-27,35H,17-24,28H2,1-3H3. The van der Waals surface area contributed by atoms with Crippen LogP contribution in [0, 0.1) is 13.8 Å². The van der Waals surface area contributed by atoms with E-state index >= 15 is 0 Å². The van der Waals surface area contributed by atoms with Gasteiger partial charge in [-0.2, -0.15) is 0 Å². The first-order valence-electron chi connectivity index (χ1n) is 18.0. The van der Waals surface area contributed by atoms with Crippen LogP contribution >= 0.6 is 0 Å². The molecule has 51 heavy (non-hydrogen) atoms. The minimum atomic E-state index is -0.280. The highest BCUT2D eigenvalue weighted by Crippen LogP contribution is 2.37. The molecule has 9 heteroatoms.